The average molecular weight is 392 g/mol. The number of aromatic amines is 1. The van der Waals surface area contributed by atoms with Gasteiger partial charge in [-0.1, -0.05) is 68.3 Å². The Morgan fingerprint density at radius 1 is 0.850 bits per heavy atom. The summed E-state index contributed by atoms with van der Waals surface area (Å²) < 4.78 is 2.08. The monoisotopic (exact) mass is 390 g/mol. The maximum absolute atomic E-state index is 4.76. The SMILES string of the molecule is Cc1[nH]c(-c2ccccc2Br)nc1-c1ccccc1Br. The molecule has 0 bridgehead atoms. The third kappa shape index (κ3) is 2.45. The van der Waals surface area contributed by atoms with Crippen LogP contribution in [0.4, 0.5) is 0 Å². The Hall–Kier alpha value is -1.39. The van der Waals surface area contributed by atoms with Crippen LogP contribution in [-0.2, 0) is 0 Å². The predicted molar refractivity (Wildman–Crippen MR) is 89.6 cm³/mol. The highest BCUT2D eigenvalue weighted by molar-refractivity contribution is 9.11. The van der Waals surface area contributed by atoms with Crippen LogP contribution in [0.5, 0.6) is 0 Å². The van der Waals surface area contributed by atoms with Crippen LogP contribution in [-0.4, -0.2) is 9.97 Å². The zero-order valence-electron chi connectivity index (χ0n) is 10.8. The van der Waals surface area contributed by atoms with Crippen molar-refractivity contribution < 1.29 is 0 Å². The minimum Gasteiger partial charge on any atom is -0.342 e. The summed E-state index contributed by atoms with van der Waals surface area (Å²) in [6.07, 6.45) is 0. The van der Waals surface area contributed by atoms with Gasteiger partial charge in [0.1, 0.15) is 5.82 Å². The summed E-state index contributed by atoms with van der Waals surface area (Å²) in [6, 6.07) is 16.2. The van der Waals surface area contributed by atoms with Crippen molar-refractivity contribution >= 4 is 31.9 Å². The number of hydrogen-bond donors (Lipinski definition) is 1. The van der Waals surface area contributed by atoms with E-state index in [4.69, 9.17) is 4.98 Å². The molecule has 1 N–H and O–H groups in total. The maximum atomic E-state index is 4.76. The normalized spacial score (nSPS) is 10.8. The Bertz CT molecular complexity index is 763. The van der Waals surface area contributed by atoms with E-state index in [1.165, 1.54) is 0 Å². The molecular weight excluding hydrogens is 380 g/mol. The number of imidazole rings is 1. The minimum atomic E-state index is 0.876. The number of benzene rings is 2. The lowest BCUT2D eigenvalue weighted by atomic mass is 10.1. The van der Waals surface area contributed by atoms with Crippen LogP contribution < -0.4 is 0 Å². The van der Waals surface area contributed by atoms with E-state index in [1.807, 2.05) is 49.4 Å². The van der Waals surface area contributed by atoms with E-state index in [-0.39, 0.29) is 0 Å². The standard InChI is InChI=1S/C16H12Br2N2/c1-10-15(11-6-2-4-8-13(11)17)20-16(19-10)12-7-3-5-9-14(12)18/h2-9H,1H3,(H,19,20). The van der Waals surface area contributed by atoms with Gasteiger partial charge in [0, 0.05) is 25.8 Å². The van der Waals surface area contributed by atoms with Crippen molar-refractivity contribution in [2.75, 3.05) is 0 Å². The highest BCUT2D eigenvalue weighted by Gasteiger charge is 2.13. The van der Waals surface area contributed by atoms with Gasteiger partial charge >= 0.3 is 0 Å². The molecule has 0 saturated carbocycles. The smallest absolute Gasteiger partial charge is 0.139 e. The van der Waals surface area contributed by atoms with Crippen molar-refractivity contribution in [2.45, 2.75) is 6.92 Å². The number of aryl methyl sites for hydroxylation is 1. The number of rotatable bonds is 2. The lowest BCUT2D eigenvalue weighted by Gasteiger charge is -2.01. The van der Waals surface area contributed by atoms with Crippen LogP contribution in [0.15, 0.2) is 57.5 Å². The number of halogens is 2. The molecule has 0 unspecified atom stereocenters. The van der Waals surface area contributed by atoms with Gasteiger partial charge < -0.3 is 4.98 Å². The van der Waals surface area contributed by atoms with Gasteiger partial charge in [-0.05, 0) is 19.1 Å². The van der Waals surface area contributed by atoms with Crippen molar-refractivity contribution in [1.82, 2.24) is 9.97 Å². The molecule has 0 spiro atoms. The topological polar surface area (TPSA) is 28.7 Å². The van der Waals surface area contributed by atoms with Crippen molar-refractivity contribution in [2.24, 2.45) is 0 Å². The molecule has 20 heavy (non-hydrogen) atoms. The molecule has 3 aromatic rings. The van der Waals surface area contributed by atoms with Gasteiger partial charge in [-0.25, -0.2) is 4.98 Å². The van der Waals surface area contributed by atoms with Crippen LogP contribution >= 0.6 is 31.9 Å². The van der Waals surface area contributed by atoms with Gasteiger partial charge in [-0.2, -0.15) is 0 Å². The quantitative estimate of drug-likeness (QED) is 0.607. The van der Waals surface area contributed by atoms with Crippen molar-refractivity contribution in [3.05, 3.63) is 63.2 Å². The molecule has 0 aliphatic rings. The molecular formula is C16H12Br2N2. The predicted octanol–water partition coefficient (Wildman–Crippen LogP) is 5.58. The second-order valence-corrected chi connectivity index (χ2v) is 6.23. The summed E-state index contributed by atoms with van der Waals surface area (Å²) in [6.45, 7) is 2.04. The Balaban J connectivity index is 2.13. The molecule has 0 saturated heterocycles. The largest absolute Gasteiger partial charge is 0.342 e. The van der Waals surface area contributed by atoms with E-state index in [0.29, 0.717) is 0 Å². The Morgan fingerprint density at radius 3 is 2.00 bits per heavy atom. The van der Waals surface area contributed by atoms with Gasteiger partial charge in [-0.15, -0.1) is 0 Å². The van der Waals surface area contributed by atoms with Crippen LogP contribution in [0.1, 0.15) is 5.69 Å². The molecule has 0 fully saturated rings. The molecule has 0 aliphatic carbocycles. The summed E-state index contributed by atoms with van der Waals surface area (Å²) >= 11 is 7.15. The van der Waals surface area contributed by atoms with Crippen LogP contribution in [0, 0.1) is 6.92 Å². The summed E-state index contributed by atoms with van der Waals surface area (Å²) in [5.41, 5.74) is 4.19. The third-order valence-electron chi connectivity index (χ3n) is 3.14. The molecule has 2 nitrogen and oxygen atoms in total. The van der Waals surface area contributed by atoms with Crippen molar-refractivity contribution in [1.29, 1.82) is 0 Å². The molecule has 2 aromatic carbocycles. The highest BCUT2D eigenvalue weighted by atomic mass is 79.9. The zero-order chi connectivity index (χ0) is 14.1. The van der Waals surface area contributed by atoms with Gasteiger partial charge in [0.25, 0.3) is 0 Å². The van der Waals surface area contributed by atoms with Crippen molar-refractivity contribution in [3.8, 4) is 22.6 Å². The van der Waals surface area contributed by atoms with E-state index in [2.05, 4.69) is 42.9 Å². The fourth-order valence-corrected chi connectivity index (χ4v) is 3.10. The molecule has 0 radical (unpaired) electrons. The number of aromatic nitrogens is 2. The fraction of sp³-hybridized carbons (Fsp3) is 0.0625. The molecule has 0 aliphatic heterocycles. The van der Waals surface area contributed by atoms with Crippen molar-refractivity contribution in [3.63, 3.8) is 0 Å². The lowest BCUT2D eigenvalue weighted by molar-refractivity contribution is 1.25. The number of nitrogens with zero attached hydrogens (tertiary/aromatic N) is 1. The molecule has 100 valence electrons. The lowest BCUT2D eigenvalue weighted by Crippen LogP contribution is -1.83. The number of H-pyrrole nitrogens is 1. The summed E-state index contributed by atoms with van der Waals surface area (Å²) in [7, 11) is 0. The van der Waals surface area contributed by atoms with E-state index in [0.717, 1.165) is 37.3 Å². The zero-order valence-corrected chi connectivity index (χ0v) is 14.0. The maximum Gasteiger partial charge on any atom is 0.139 e. The first-order valence-corrected chi connectivity index (χ1v) is 7.82. The first-order valence-electron chi connectivity index (χ1n) is 6.23. The molecule has 1 heterocycles. The van der Waals surface area contributed by atoms with Gasteiger partial charge in [0.15, 0.2) is 0 Å². The molecule has 1 aromatic heterocycles. The van der Waals surface area contributed by atoms with Crippen LogP contribution in [0.2, 0.25) is 0 Å². The first-order chi connectivity index (χ1) is 9.66. The Morgan fingerprint density at radius 2 is 1.40 bits per heavy atom. The van der Waals surface area contributed by atoms with E-state index in [9.17, 15) is 0 Å². The molecule has 4 heteroatoms. The van der Waals surface area contributed by atoms with E-state index >= 15 is 0 Å². The Labute approximate surface area is 134 Å². The van der Waals surface area contributed by atoms with Gasteiger partial charge in [0.05, 0.1) is 5.69 Å². The number of hydrogen-bond acceptors (Lipinski definition) is 1. The van der Waals surface area contributed by atoms with Gasteiger partial charge in [-0.3, -0.25) is 0 Å². The molecule has 0 atom stereocenters. The minimum absolute atomic E-state index is 0.876. The first kappa shape index (κ1) is 13.6. The second-order valence-electron chi connectivity index (χ2n) is 4.52. The van der Waals surface area contributed by atoms with Crippen LogP contribution in [0.3, 0.4) is 0 Å². The van der Waals surface area contributed by atoms with E-state index < -0.39 is 0 Å². The van der Waals surface area contributed by atoms with Crippen LogP contribution in [0.25, 0.3) is 22.6 Å². The Kier molecular flexibility index (Phi) is 3.76. The molecule has 3 rings (SSSR count). The summed E-state index contributed by atoms with van der Waals surface area (Å²) in [4.78, 5) is 8.12. The number of nitrogens with one attached hydrogen (secondary N) is 1. The van der Waals surface area contributed by atoms with E-state index in [1.54, 1.807) is 0 Å². The fourth-order valence-electron chi connectivity index (χ4n) is 2.16. The average Bonchev–Trinajstić information content (AvgIpc) is 2.81. The second kappa shape index (κ2) is 5.54. The molecule has 0 amide bonds. The summed E-state index contributed by atoms with van der Waals surface area (Å²) in [5.74, 6) is 0.876. The highest BCUT2D eigenvalue weighted by Crippen LogP contribution is 2.32. The summed E-state index contributed by atoms with van der Waals surface area (Å²) in [5, 5.41) is 0. The van der Waals surface area contributed by atoms with Gasteiger partial charge in [0.2, 0.25) is 0 Å². The third-order valence-corrected chi connectivity index (χ3v) is 4.53.